The van der Waals surface area contributed by atoms with Gasteiger partial charge in [0.1, 0.15) is 0 Å². The predicted molar refractivity (Wildman–Crippen MR) is 171 cm³/mol. The van der Waals surface area contributed by atoms with Gasteiger partial charge >= 0.3 is 0 Å². The maximum Gasteiger partial charge on any atom is 0.261 e. The number of hydrogen-bond acceptors (Lipinski definition) is 8. The Morgan fingerprint density at radius 3 is 1.67 bits per heavy atom. The van der Waals surface area contributed by atoms with E-state index >= 15 is 0 Å². The van der Waals surface area contributed by atoms with E-state index in [1.54, 1.807) is 31.4 Å². The molecule has 10 heteroatoms. The minimum atomic E-state index is -1.12. The number of ether oxygens (including phenoxy) is 4. The first-order chi connectivity index (χ1) is 22.0. The predicted octanol–water partition coefficient (Wildman–Crippen LogP) is 5.50. The third-order valence-electron chi connectivity index (χ3n) is 8.60. The molecule has 0 saturated heterocycles. The smallest absolute Gasteiger partial charge is 0.261 e. The Labute approximate surface area is 266 Å². The van der Waals surface area contributed by atoms with Crippen LogP contribution in [0.5, 0.6) is 0 Å². The zero-order chi connectivity index (χ0) is 32.0. The fourth-order valence-corrected chi connectivity index (χ4v) is 6.13. The quantitative estimate of drug-likeness (QED) is 0.127. The first-order valence-corrected chi connectivity index (χ1v) is 16.7. The average Bonchev–Trinajstić information content (AvgIpc) is 3.05. The zero-order valence-electron chi connectivity index (χ0n) is 27.0. The SMILES string of the molecule is CCCCCCCCCCCCN1C(=O)c2ccc3c4c(ccc(c24)C1O)C(=O)N(CCOCCOCCOCCOC)C3=O. The molecule has 0 radical (unpaired) electrons. The van der Waals surface area contributed by atoms with Gasteiger partial charge in [-0.25, -0.2) is 0 Å². The second-order valence-corrected chi connectivity index (χ2v) is 11.8. The van der Waals surface area contributed by atoms with Crippen molar-refractivity contribution in [1.29, 1.82) is 0 Å². The minimum absolute atomic E-state index is 0.0937. The summed E-state index contributed by atoms with van der Waals surface area (Å²) in [7, 11) is 1.62. The Morgan fingerprint density at radius 1 is 0.600 bits per heavy atom. The van der Waals surface area contributed by atoms with Crippen LogP contribution in [0.15, 0.2) is 24.3 Å². The summed E-state index contributed by atoms with van der Waals surface area (Å²) in [5.41, 5.74) is 1.68. The van der Waals surface area contributed by atoms with E-state index in [-0.39, 0.29) is 19.1 Å². The largest absolute Gasteiger partial charge is 0.382 e. The lowest BCUT2D eigenvalue weighted by atomic mass is 9.85. The van der Waals surface area contributed by atoms with Gasteiger partial charge in [-0.05, 0) is 24.6 Å². The van der Waals surface area contributed by atoms with E-state index in [1.165, 1.54) is 54.7 Å². The molecule has 1 unspecified atom stereocenters. The molecule has 0 aromatic heterocycles. The monoisotopic (exact) mass is 626 g/mol. The van der Waals surface area contributed by atoms with Crippen molar-refractivity contribution in [2.24, 2.45) is 0 Å². The summed E-state index contributed by atoms with van der Waals surface area (Å²) >= 11 is 0. The van der Waals surface area contributed by atoms with Crippen molar-refractivity contribution in [2.75, 3.05) is 66.4 Å². The minimum Gasteiger partial charge on any atom is -0.382 e. The van der Waals surface area contributed by atoms with Gasteiger partial charge in [0.05, 0.1) is 52.8 Å². The van der Waals surface area contributed by atoms with E-state index in [4.69, 9.17) is 18.9 Å². The highest BCUT2D eigenvalue weighted by molar-refractivity contribution is 6.28. The second-order valence-electron chi connectivity index (χ2n) is 11.8. The fourth-order valence-electron chi connectivity index (χ4n) is 6.13. The van der Waals surface area contributed by atoms with Gasteiger partial charge < -0.3 is 29.0 Å². The standard InChI is InChI=1S/C35H50N2O8/c1-3-4-5-6-7-8-9-10-11-12-17-36-32(38)26-13-15-28-31-29(16-14-27(30(26)31)33(36)39)35(41)37(34(28)40)18-19-43-22-23-45-25-24-44-21-20-42-2/h13-16,32,38H,3-12,17-25H2,1-2H3. The lowest BCUT2D eigenvalue weighted by molar-refractivity contribution is 0.00141. The molecule has 2 aromatic rings. The molecule has 0 aliphatic carbocycles. The highest BCUT2D eigenvalue weighted by atomic mass is 16.6. The molecule has 0 fully saturated rings. The number of imide groups is 1. The van der Waals surface area contributed by atoms with Crippen molar-refractivity contribution in [3.63, 3.8) is 0 Å². The normalized spacial score (nSPS) is 16.0. The van der Waals surface area contributed by atoms with E-state index in [1.807, 2.05) is 0 Å². The number of rotatable bonds is 23. The van der Waals surface area contributed by atoms with Crippen molar-refractivity contribution in [2.45, 2.75) is 77.4 Å². The van der Waals surface area contributed by atoms with Crippen LogP contribution in [0.4, 0.5) is 0 Å². The second kappa shape index (κ2) is 18.3. The molecule has 0 saturated carbocycles. The summed E-state index contributed by atoms with van der Waals surface area (Å²) in [5, 5.41) is 12.2. The first-order valence-electron chi connectivity index (χ1n) is 16.7. The fraction of sp³-hybridized carbons (Fsp3) is 0.629. The number of methoxy groups -OCH3 is 1. The van der Waals surface area contributed by atoms with Gasteiger partial charge in [0.25, 0.3) is 17.7 Å². The number of unbranched alkanes of at least 4 members (excludes halogenated alkanes) is 9. The third kappa shape index (κ3) is 8.89. The summed E-state index contributed by atoms with van der Waals surface area (Å²) in [6.07, 6.45) is 10.8. The van der Waals surface area contributed by atoms with Crippen molar-refractivity contribution >= 4 is 28.5 Å². The molecule has 2 aliphatic rings. The zero-order valence-corrected chi connectivity index (χ0v) is 27.0. The van der Waals surface area contributed by atoms with E-state index in [0.29, 0.717) is 79.2 Å². The van der Waals surface area contributed by atoms with Crippen LogP contribution in [0.25, 0.3) is 10.8 Å². The molecule has 1 atom stereocenters. The molecule has 4 rings (SSSR count). The molecule has 2 aliphatic heterocycles. The lowest BCUT2D eigenvalue weighted by Gasteiger charge is -2.36. The van der Waals surface area contributed by atoms with Gasteiger partial charge in [-0.3, -0.25) is 19.3 Å². The number of carbonyl (C=O) groups is 3. The number of carbonyl (C=O) groups excluding carboxylic acids is 3. The highest BCUT2D eigenvalue weighted by Gasteiger charge is 2.39. The van der Waals surface area contributed by atoms with Gasteiger partial charge in [0.2, 0.25) is 0 Å². The van der Waals surface area contributed by atoms with E-state index in [0.717, 1.165) is 19.3 Å². The Kier molecular flexibility index (Phi) is 14.2. The molecular formula is C35H50N2O8. The molecule has 10 nitrogen and oxygen atoms in total. The van der Waals surface area contributed by atoms with Crippen molar-refractivity contribution in [3.8, 4) is 0 Å². The van der Waals surface area contributed by atoms with Gasteiger partial charge in [0, 0.05) is 46.7 Å². The maximum atomic E-state index is 13.5. The summed E-state index contributed by atoms with van der Waals surface area (Å²) in [6, 6.07) is 6.66. The van der Waals surface area contributed by atoms with E-state index in [9.17, 15) is 19.5 Å². The van der Waals surface area contributed by atoms with Gasteiger partial charge in [-0.15, -0.1) is 0 Å². The first kappa shape index (κ1) is 35.0. The van der Waals surface area contributed by atoms with Crippen LogP contribution in [-0.4, -0.2) is 99.1 Å². The molecule has 3 amide bonds. The molecule has 2 aromatic carbocycles. The highest BCUT2D eigenvalue weighted by Crippen LogP contribution is 2.41. The van der Waals surface area contributed by atoms with E-state index in [2.05, 4.69) is 6.92 Å². The number of aliphatic hydroxyl groups is 1. The Balaban J connectivity index is 1.29. The van der Waals surface area contributed by atoms with Crippen molar-refractivity contribution in [1.82, 2.24) is 9.80 Å². The Morgan fingerprint density at radius 2 is 1.09 bits per heavy atom. The van der Waals surface area contributed by atoms with Crippen molar-refractivity contribution in [3.05, 3.63) is 46.5 Å². The van der Waals surface area contributed by atoms with Crippen LogP contribution < -0.4 is 0 Å². The molecule has 0 spiro atoms. The number of aliphatic hydroxyl groups excluding tert-OH is 1. The van der Waals surface area contributed by atoms with Gasteiger partial charge in [-0.1, -0.05) is 70.8 Å². The van der Waals surface area contributed by atoms with E-state index < -0.39 is 18.0 Å². The lowest BCUT2D eigenvalue weighted by Crippen LogP contribution is -2.43. The Bertz CT molecular complexity index is 1260. The number of amides is 3. The molecule has 2 heterocycles. The Hall–Kier alpha value is -2.89. The molecular weight excluding hydrogens is 576 g/mol. The van der Waals surface area contributed by atoms with Crippen LogP contribution in [0.3, 0.4) is 0 Å². The maximum absolute atomic E-state index is 13.5. The topological polar surface area (TPSA) is 115 Å². The number of nitrogens with zero attached hydrogens (tertiary/aromatic N) is 2. The van der Waals surface area contributed by atoms with Crippen LogP contribution in [0, 0.1) is 0 Å². The van der Waals surface area contributed by atoms with Crippen LogP contribution in [-0.2, 0) is 18.9 Å². The molecule has 248 valence electrons. The van der Waals surface area contributed by atoms with Gasteiger partial charge in [-0.2, -0.15) is 0 Å². The summed E-state index contributed by atoms with van der Waals surface area (Å²) in [6.45, 7) is 5.61. The van der Waals surface area contributed by atoms with Gasteiger partial charge in [0.15, 0.2) is 6.23 Å². The summed E-state index contributed by atoms with van der Waals surface area (Å²) in [5.74, 6) is -1.13. The molecule has 45 heavy (non-hydrogen) atoms. The summed E-state index contributed by atoms with van der Waals surface area (Å²) in [4.78, 5) is 43.1. The summed E-state index contributed by atoms with van der Waals surface area (Å²) < 4.78 is 21.3. The van der Waals surface area contributed by atoms with Crippen molar-refractivity contribution < 1.29 is 38.4 Å². The number of hydrogen-bond donors (Lipinski definition) is 1. The van der Waals surface area contributed by atoms with Crippen LogP contribution >= 0.6 is 0 Å². The third-order valence-corrected chi connectivity index (χ3v) is 8.60. The number of benzene rings is 2. The average molecular weight is 627 g/mol. The van der Waals surface area contributed by atoms with Crippen LogP contribution in [0.1, 0.15) is 114 Å². The van der Waals surface area contributed by atoms with Crippen LogP contribution in [0.2, 0.25) is 0 Å². The molecule has 1 N–H and O–H groups in total. The molecule has 0 bridgehead atoms.